The van der Waals surface area contributed by atoms with E-state index < -0.39 is 0 Å². The van der Waals surface area contributed by atoms with Gasteiger partial charge in [0.05, 0.1) is 25.0 Å². The van der Waals surface area contributed by atoms with Gasteiger partial charge in [0, 0.05) is 26.2 Å². The molecule has 30 heavy (non-hydrogen) atoms. The van der Waals surface area contributed by atoms with Gasteiger partial charge in [-0.05, 0) is 30.2 Å². The van der Waals surface area contributed by atoms with E-state index in [1.807, 2.05) is 61.5 Å². The van der Waals surface area contributed by atoms with Gasteiger partial charge in [0.15, 0.2) is 5.96 Å². The van der Waals surface area contributed by atoms with Gasteiger partial charge in [-0.2, -0.15) is 0 Å². The number of nitrogens with zero attached hydrogens (tertiary/aromatic N) is 3. The Balaban J connectivity index is 1.70. The van der Waals surface area contributed by atoms with Crippen LogP contribution in [0.5, 0.6) is 0 Å². The molecule has 0 saturated carbocycles. The summed E-state index contributed by atoms with van der Waals surface area (Å²) in [6.07, 6.45) is 1.85. The highest BCUT2D eigenvalue weighted by atomic mass is 16.1. The molecule has 0 bridgehead atoms. The van der Waals surface area contributed by atoms with E-state index in [2.05, 4.69) is 32.7 Å². The largest absolute Gasteiger partial charge is 0.357 e. The molecule has 0 aliphatic heterocycles. The summed E-state index contributed by atoms with van der Waals surface area (Å²) >= 11 is 0. The summed E-state index contributed by atoms with van der Waals surface area (Å²) in [7, 11) is 3.61. The molecule has 0 spiro atoms. The zero-order chi connectivity index (χ0) is 21.3. The monoisotopic (exact) mass is 404 g/mol. The van der Waals surface area contributed by atoms with Crippen molar-refractivity contribution in [1.29, 1.82) is 0 Å². The molecule has 0 radical (unpaired) electrons. The van der Waals surface area contributed by atoms with Crippen molar-refractivity contribution >= 4 is 11.9 Å². The first-order valence-electron chi connectivity index (χ1n) is 10.0. The maximum Gasteiger partial charge on any atom is 0.251 e. The number of amides is 1. The standard InChI is InChI=1S/C23H28N6O/c1-4-25-23(27-14-17-9-8-12-19(13-17)22(30)24-2)29(3)16-21-26-15-20(28-21)18-10-6-5-7-11-18/h5-13,15H,4,14,16H2,1-3H3,(H,24,30)(H,25,27)(H,26,28). The van der Waals surface area contributed by atoms with Crippen molar-refractivity contribution in [2.24, 2.45) is 4.99 Å². The Bertz CT molecular complexity index is 996. The second-order valence-electron chi connectivity index (χ2n) is 6.92. The molecule has 0 fully saturated rings. The van der Waals surface area contributed by atoms with Crippen molar-refractivity contribution < 1.29 is 4.79 Å². The third kappa shape index (κ3) is 5.47. The summed E-state index contributed by atoms with van der Waals surface area (Å²) in [5, 5.41) is 5.96. The minimum atomic E-state index is -0.100. The summed E-state index contributed by atoms with van der Waals surface area (Å²) < 4.78 is 0. The molecule has 3 N–H and O–H groups in total. The number of rotatable bonds is 7. The summed E-state index contributed by atoms with van der Waals surface area (Å²) in [6.45, 7) is 3.87. The van der Waals surface area contributed by atoms with Crippen LogP contribution in [-0.2, 0) is 13.1 Å². The van der Waals surface area contributed by atoms with Crippen LogP contribution in [0.25, 0.3) is 11.3 Å². The second kappa shape index (κ2) is 10.2. The number of hydrogen-bond donors (Lipinski definition) is 3. The highest BCUT2D eigenvalue weighted by Gasteiger charge is 2.10. The number of carbonyl (C=O) groups excluding carboxylic acids is 1. The van der Waals surface area contributed by atoms with E-state index in [0.29, 0.717) is 18.7 Å². The molecule has 0 atom stereocenters. The molecule has 2 aromatic carbocycles. The van der Waals surface area contributed by atoms with Crippen molar-refractivity contribution in [2.45, 2.75) is 20.0 Å². The predicted molar refractivity (Wildman–Crippen MR) is 120 cm³/mol. The molecule has 7 nitrogen and oxygen atoms in total. The highest BCUT2D eigenvalue weighted by Crippen LogP contribution is 2.16. The summed E-state index contributed by atoms with van der Waals surface area (Å²) in [5.74, 6) is 1.54. The van der Waals surface area contributed by atoms with Gasteiger partial charge in [-0.1, -0.05) is 42.5 Å². The van der Waals surface area contributed by atoms with Crippen LogP contribution in [0.15, 0.2) is 65.8 Å². The van der Waals surface area contributed by atoms with E-state index in [1.54, 1.807) is 13.1 Å². The zero-order valence-electron chi connectivity index (χ0n) is 17.6. The Morgan fingerprint density at radius 1 is 1.17 bits per heavy atom. The van der Waals surface area contributed by atoms with Gasteiger partial charge < -0.3 is 20.5 Å². The van der Waals surface area contributed by atoms with E-state index >= 15 is 0 Å². The van der Waals surface area contributed by atoms with Gasteiger partial charge in [0.1, 0.15) is 5.82 Å². The summed E-state index contributed by atoms with van der Waals surface area (Å²) in [4.78, 5) is 26.5. The molecule has 3 rings (SSSR count). The Kier molecular flexibility index (Phi) is 7.21. The van der Waals surface area contributed by atoms with Crippen molar-refractivity contribution in [3.63, 3.8) is 0 Å². The van der Waals surface area contributed by atoms with Gasteiger partial charge in [0.2, 0.25) is 0 Å². The molecule has 156 valence electrons. The summed E-state index contributed by atoms with van der Waals surface area (Å²) in [5.41, 5.74) is 3.71. The van der Waals surface area contributed by atoms with Crippen molar-refractivity contribution in [3.8, 4) is 11.3 Å². The molecule has 3 aromatic rings. The molecule has 0 saturated heterocycles. The number of aromatic nitrogens is 2. The fraction of sp³-hybridized carbons (Fsp3) is 0.261. The average molecular weight is 405 g/mol. The number of H-pyrrole nitrogens is 1. The number of hydrogen-bond acceptors (Lipinski definition) is 3. The fourth-order valence-electron chi connectivity index (χ4n) is 3.10. The van der Waals surface area contributed by atoms with Gasteiger partial charge >= 0.3 is 0 Å². The van der Waals surface area contributed by atoms with Crippen LogP contribution in [-0.4, -0.2) is 47.4 Å². The first-order chi connectivity index (χ1) is 14.6. The lowest BCUT2D eigenvalue weighted by Crippen LogP contribution is -2.38. The number of aromatic amines is 1. The number of carbonyl (C=O) groups is 1. The van der Waals surface area contributed by atoms with E-state index in [0.717, 1.165) is 35.1 Å². The van der Waals surface area contributed by atoms with Crippen LogP contribution < -0.4 is 10.6 Å². The Morgan fingerprint density at radius 3 is 2.70 bits per heavy atom. The lowest BCUT2D eigenvalue weighted by molar-refractivity contribution is 0.0963. The molecular formula is C23H28N6O. The van der Waals surface area contributed by atoms with Gasteiger partial charge in [-0.15, -0.1) is 0 Å². The van der Waals surface area contributed by atoms with Gasteiger partial charge in [-0.3, -0.25) is 4.79 Å². The predicted octanol–water partition coefficient (Wildman–Crippen LogP) is 3.03. The zero-order valence-corrected chi connectivity index (χ0v) is 17.6. The molecule has 0 unspecified atom stereocenters. The maximum absolute atomic E-state index is 11.8. The Morgan fingerprint density at radius 2 is 1.97 bits per heavy atom. The number of aliphatic imine (C=N–C) groups is 1. The van der Waals surface area contributed by atoms with Crippen LogP contribution in [0.3, 0.4) is 0 Å². The van der Waals surface area contributed by atoms with Crippen LogP contribution in [0.1, 0.15) is 28.7 Å². The minimum absolute atomic E-state index is 0.100. The first-order valence-corrected chi connectivity index (χ1v) is 10.0. The van der Waals surface area contributed by atoms with E-state index in [1.165, 1.54) is 0 Å². The molecule has 7 heteroatoms. The van der Waals surface area contributed by atoms with Crippen molar-refractivity contribution in [2.75, 3.05) is 20.6 Å². The van der Waals surface area contributed by atoms with E-state index in [-0.39, 0.29) is 5.91 Å². The smallest absolute Gasteiger partial charge is 0.251 e. The summed E-state index contributed by atoms with van der Waals surface area (Å²) in [6, 6.07) is 17.6. The molecule has 1 heterocycles. The van der Waals surface area contributed by atoms with E-state index in [4.69, 9.17) is 4.99 Å². The molecule has 0 aliphatic rings. The topological polar surface area (TPSA) is 85.4 Å². The maximum atomic E-state index is 11.8. The lowest BCUT2D eigenvalue weighted by Gasteiger charge is -2.21. The Labute approximate surface area is 177 Å². The van der Waals surface area contributed by atoms with Crippen molar-refractivity contribution in [1.82, 2.24) is 25.5 Å². The third-order valence-corrected chi connectivity index (χ3v) is 4.62. The lowest BCUT2D eigenvalue weighted by atomic mass is 10.1. The van der Waals surface area contributed by atoms with Crippen LogP contribution >= 0.6 is 0 Å². The SMILES string of the molecule is CCNC(=NCc1cccc(C(=O)NC)c1)N(C)Cc1ncc(-c2ccccc2)[nH]1. The first kappa shape index (κ1) is 21.1. The van der Waals surface area contributed by atoms with Gasteiger partial charge in [-0.25, -0.2) is 9.98 Å². The van der Waals surface area contributed by atoms with Crippen LogP contribution in [0, 0.1) is 0 Å². The van der Waals surface area contributed by atoms with Crippen molar-refractivity contribution in [3.05, 3.63) is 77.7 Å². The van der Waals surface area contributed by atoms with E-state index in [9.17, 15) is 4.79 Å². The molecule has 1 amide bonds. The quantitative estimate of drug-likeness (QED) is 0.417. The number of imidazole rings is 1. The number of benzene rings is 2. The van der Waals surface area contributed by atoms with Crippen LogP contribution in [0.4, 0.5) is 0 Å². The molecule has 0 aliphatic carbocycles. The van der Waals surface area contributed by atoms with Gasteiger partial charge in [0.25, 0.3) is 5.91 Å². The molecule has 1 aromatic heterocycles. The normalized spacial score (nSPS) is 11.2. The highest BCUT2D eigenvalue weighted by molar-refractivity contribution is 5.94. The third-order valence-electron chi connectivity index (χ3n) is 4.62. The number of guanidine groups is 1. The average Bonchev–Trinajstić information content (AvgIpc) is 3.25. The second-order valence-corrected chi connectivity index (χ2v) is 6.92. The molecular weight excluding hydrogens is 376 g/mol. The fourth-order valence-corrected chi connectivity index (χ4v) is 3.10. The number of nitrogens with one attached hydrogen (secondary N) is 3. The Hall–Kier alpha value is -3.61. The minimum Gasteiger partial charge on any atom is -0.357 e. The van der Waals surface area contributed by atoms with Crippen LogP contribution in [0.2, 0.25) is 0 Å².